The van der Waals surface area contributed by atoms with Crippen LogP contribution in [-0.2, 0) is 14.8 Å². The Kier molecular flexibility index (Phi) is 3.67. The Bertz CT molecular complexity index is 533. The summed E-state index contributed by atoms with van der Waals surface area (Å²) in [5.74, 6) is -0.285. The van der Waals surface area contributed by atoms with Gasteiger partial charge in [-0.15, -0.1) is 0 Å². The minimum Gasteiger partial charge on any atom is -0.462 e. The van der Waals surface area contributed by atoms with Crippen molar-refractivity contribution in [3.05, 3.63) is 11.8 Å². The minimum atomic E-state index is -3.73. The number of nitrogens with zero attached hydrogens (tertiary/aromatic N) is 1. The van der Waals surface area contributed by atoms with Gasteiger partial charge in [0.1, 0.15) is 5.56 Å². The van der Waals surface area contributed by atoms with Gasteiger partial charge >= 0.3 is 5.97 Å². The topological polar surface area (TPSA) is 101 Å². The molecule has 1 fully saturated rings. The third-order valence-electron chi connectivity index (χ3n) is 2.63. The molecule has 8 heteroatoms. The molecule has 1 heterocycles. The molecule has 18 heavy (non-hydrogen) atoms. The number of H-pyrrole nitrogens is 1. The molecule has 100 valence electrons. The lowest BCUT2D eigenvalue weighted by Gasteiger charge is -2.05. The van der Waals surface area contributed by atoms with Gasteiger partial charge in [-0.05, 0) is 25.7 Å². The van der Waals surface area contributed by atoms with Gasteiger partial charge in [-0.3, -0.25) is 5.10 Å². The van der Waals surface area contributed by atoms with Crippen LogP contribution in [0.2, 0.25) is 0 Å². The maximum Gasteiger partial charge on any atom is 0.342 e. The molecule has 0 bridgehead atoms. The SMILES string of the molecule is CCOC(=O)c1cn[nH]c1S(=O)(=O)NCC1CC1. The Labute approximate surface area is 105 Å². The van der Waals surface area contributed by atoms with Gasteiger partial charge in [0.05, 0.1) is 12.8 Å². The van der Waals surface area contributed by atoms with Crippen molar-refractivity contribution in [2.45, 2.75) is 24.8 Å². The predicted octanol–water partition coefficient (Wildman–Crippen LogP) is 0.275. The van der Waals surface area contributed by atoms with Crippen molar-refractivity contribution >= 4 is 16.0 Å². The van der Waals surface area contributed by atoms with Crippen molar-refractivity contribution in [2.24, 2.45) is 5.92 Å². The fourth-order valence-corrected chi connectivity index (χ4v) is 2.65. The molecule has 0 radical (unpaired) electrons. The average Bonchev–Trinajstić information content (AvgIpc) is 3.01. The van der Waals surface area contributed by atoms with Gasteiger partial charge in [-0.1, -0.05) is 0 Å². The van der Waals surface area contributed by atoms with E-state index in [0.717, 1.165) is 19.0 Å². The van der Waals surface area contributed by atoms with Gasteiger partial charge in [-0.25, -0.2) is 17.9 Å². The summed E-state index contributed by atoms with van der Waals surface area (Å²) in [4.78, 5) is 11.5. The maximum absolute atomic E-state index is 12.0. The predicted molar refractivity (Wildman–Crippen MR) is 62.5 cm³/mol. The normalized spacial score (nSPS) is 15.6. The van der Waals surface area contributed by atoms with E-state index in [-0.39, 0.29) is 17.2 Å². The van der Waals surface area contributed by atoms with E-state index >= 15 is 0 Å². The number of aromatic amines is 1. The summed E-state index contributed by atoms with van der Waals surface area (Å²) in [5.41, 5.74) is -0.0693. The number of esters is 1. The van der Waals surface area contributed by atoms with Gasteiger partial charge in [0, 0.05) is 6.54 Å². The second-order valence-corrected chi connectivity index (χ2v) is 5.83. The van der Waals surface area contributed by atoms with Gasteiger partial charge < -0.3 is 4.74 Å². The molecule has 1 aromatic heterocycles. The molecule has 2 N–H and O–H groups in total. The zero-order valence-corrected chi connectivity index (χ0v) is 10.8. The summed E-state index contributed by atoms with van der Waals surface area (Å²) >= 11 is 0. The van der Waals surface area contributed by atoms with Gasteiger partial charge in [-0.2, -0.15) is 5.10 Å². The number of hydrogen-bond donors (Lipinski definition) is 2. The Hall–Kier alpha value is -1.41. The molecule has 1 aliphatic carbocycles. The second-order valence-electron chi connectivity index (χ2n) is 4.13. The summed E-state index contributed by atoms with van der Waals surface area (Å²) in [6.07, 6.45) is 3.23. The Balaban J connectivity index is 2.15. The number of carbonyl (C=O) groups is 1. The van der Waals surface area contributed by atoms with Crippen molar-refractivity contribution in [2.75, 3.05) is 13.2 Å². The van der Waals surface area contributed by atoms with E-state index in [9.17, 15) is 13.2 Å². The number of hydrogen-bond acceptors (Lipinski definition) is 5. The summed E-state index contributed by atoms with van der Waals surface area (Å²) in [7, 11) is -3.73. The highest BCUT2D eigenvalue weighted by Crippen LogP contribution is 2.28. The Morgan fingerprint density at radius 1 is 1.61 bits per heavy atom. The summed E-state index contributed by atoms with van der Waals surface area (Å²) in [6.45, 7) is 2.22. The van der Waals surface area contributed by atoms with Crippen LogP contribution in [-0.4, -0.2) is 37.7 Å². The molecule has 0 amide bonds. The highest BCUT2D eigenvalue weighted by atomic mass is 32.2. The van der Waals surface area contributed by atoms with Crippen LogP contribution in [0.15, 0.2) is 11.2 Å². The Morgan fingerprint density at radius 3 is 2.94 bits per heavy atom. The molecule has 0 aliphatic heterocycles. The number of aromatic nitrogens is 2. The van der Waals surface area contributed by atoms with Crippen LogP contribution in [0.25, 0.3) is 0 Å². The molecule has 7 nitrogen and oxygen atoms in total. The molecule has 0 saturated heterocycles. The first-order valence-electron chi connectivity index (χ1n) is 5.74. The monoisotopic (exact) mass is 273 g/mol. The smallest absolute Gasteiger partial charge is 0.342 e. The molecular weight excluding hydrogens is 258 g/mol. The first-order chi connectivity index (χ1) is 8.54. The Morgan fingerprint density at radius 2 is 2.33 bits per heavy atom. The van der Waals surface area contributed by atoms with Crippen LogP contribution in [0.4, 0.5) is 0 Å². The number of rotatable bonds is 6. The lowest BCUT2D eigenvalue weighted by atomic mass is 10.4. The number of ether oxygens (including phenoxy) is 1. The molecule has 0 atom stereocenters. The van der Waals surface area contributed by atoms with Crippen molar-refractivity contribution in [1.82, 2.24) is 14.9 Å². The molecule has 1 saturated carbocycles. The number of sulfonamides is 1. The highest BCUT2D eigenvalue weighted by molar-refractivity contribution is 7.89. The molecular formula is C10H15N3O4S. The van der Waals surface area contributed by atoms with Crippen LogP contribution in [0.5, 0.6) is 0 Å². The fourth-order valence-electron chi connectivity index (χ4n) is 1.46. The molecule has 1 aromatic rings. The third kappa shape index (κ3) is 2.88. The number of nitrogens with one attached hydrogen (secondary N) is 2. The summed E-state index contributed by atoms with van der Waals surface area (Å²) in [6, 6.07) is 0. The second kappa shape index (κ2) is 5.07. The minimum absolute atomic E-state index is 0.0693. The molecule has 0 aromatic carbocycles. The quantitative estimate of drug-likeness (QED) is 0.725. The van der Waals surface area contributed by atoms with E-state index in [1.54, 1.807) is 6.92 Å². The first kappa shape index (κ1) is 13.0. The first-order valence-corrected chi connectivity index (χ1v) is 7.23. The lowest BCUT2D eigenvalue weighted by Crippen LogP contribution is -2.27. The molecule has 1 aliphatic rings. The van der Waals surface area contributed by atoms with Gasteiger partial charge in [0.15, 0.2) is 5.03 Å². The van der Waals surface area contributed by atoms with Crippen LogP contribution in [0.1, 0.15) is 30.1 Å². The van der Waals surface area contributed by atoms with Crippen LogP contribution < -0.4 is 4.72 Å². The highest BCUT2D eigenvalue weighted by Gasteiger charge is 2.28. The zero-order chi connectivity index (χ0) is 13.2. The van der Waals surface area contributed by atoms with Crippen molar-refractivity contribution in [3.63, 3.8) is 0 Å². The standard InChI is InChI=1S/C10H15N3O4S/c1-2-17-10(14)8-6-11-13-9(8)18(15,16)12-5-7-3-4-7/h6-7,12H,2-5H2,1H3,(H,11,13). The molecule has 2 rings (SSSR count). The van der Waals surface area contributed by atoms with Gasteiger partial charge in [0.25, 0.3) is 10.0 Å². The van der Waals surface area contributed by atoms with Gasteiger partial charge in [0.2, 0.25) is 0 Å². The average molecular weight is 273 g/mol. The zero-order valence-electron chi connectivity index (χ0n) is 9.97. The van der Waals surface area contributed by atoms with E-state index in [1.807, 2.05) is 0 Å². The number of carbonyl (C=O) groups excluding carboxylic acids is 1. The summed E-state index contributed by atoms with van der Waals surface area (Å²) < 4.78 is 31.2. The van der Waals surface area contributed by atoms with E-state index < -0.39 is 16.0 Å². The van der Waals surface area contributed by atoms with E-state index in [1.165, 1.54) is 0 Å². The summed E-state index contributed by atoms with van der Waals surface area (Å²) in [5, 5.41) is 5.68. The van der Waals surface area contributed by atoms with E-state index in [4.69, 9.17) is 4.74 Å². The van der Waals surface area contributed by atoms with Crippen LogP contribution >= 0.6 is 0 Å². The van der Waals surface area contributed by atoms with E-state index in [2.05, 4.69) is 14.9 Å². The largest absolute Gasteiger partial charge is 0.462 e. The van der Waals surface area contributed by atoms with Crippen molar-refractivity contribution in [1.29, 1.82) is 0 Å². The van der Waals surface area contributed by atoms with Crippen molar-refractivity contribution in [3.8, 4) is 0 Å². The van der Waals surface area contributed by atoms with Crippen LogP contribution in [0.3, 0.4) is 0 Å². The third-order valence-corrected chi connectivity index (χ3v) is 4.02. The fraction of sp³-hybridized carbons (Fsp3) is 0.600. The molecule has 0 spiro atoms. The van der Waals surface area contributed by atoms with Crippen LogP contribution in [0, 0.1) is 5.92 Å². The van der Waals surface area contributed by atoms with E-state index in [0.29, 0.717) is 12.5 Å². The molecule has 0 unspecified atom stereocenters. The lowest BCUT2D eigenvalue weighted by molar-refractivity contribution is 0.0522. The van der Waals surface area contributed by atoms with Crippen molar-refractivity contribution < 1.29 is 17.9 Å². The maximum atomic E-state index is 12.0.